The van der Waals surface area contributed by atoms with E-state index >= 15 is 0 Å². The number of thiazole rings is 1. The second-order valence-corrected chi connectivity index (χ2v) is 8.05. The third kappa shape index (κ3) is 5.45. The second-order valence-electron chi connectivity index (χ2n) is 7.19. The van der Waals surface area contributed by atoms with Crippen LogP contribution in [0.1, 0.15) is 25.7 Å². The molecular formula is C21H29N3O3S. The number of anilines is 1. The molecule has 152 valence electrons. The van der Waals surface area contributed by atoms with Crippen LogP contribution in [0.2, 0.25) is 0 Å². The summed E-state index contributed by atoms with van der Waals surface area (Å²) in [4.78, 5) is 17.8. The van der Waals surface area contributed by atoms with Gasteiger partial charge in [0.05, 0.1) is 19.4 Å². The molecule has 1 amide bonds. The smallest absolute Gasteiger partial charge is 0.209 e. The van der Waals surface area contributed by atoms with E-state index in [2.05, 4.69) is 10.7 Å². The molecule has 1 fully saturated rings. The zero-order valence-corrected chi connectivity index (χ0v) is 17.4. The number of ether oxygens (including phenoxy) is 2. The number of carbonyl (C=O) groups is 1. The highest BCUT2D eigenvalue weighted by atomic mass is 32.1. The number of para-hydroxylation sites is 1. The van der Waals surface area contributed by atoms with Gasteiger partial charge in [-0.05, 0) is 43.7 Å². The number of nitrogens with one attached hydrogen (secondary N) is 1. The highest BCUT2D eigenvalue weighted by Crippen LogP contribution is 2.33. The van der Waals surface area contributed by atoms with Crippen molar-refractivity contribution in [3.8, 4) is 17.0 Å². The normalized spacial score (nSPS) is 19.2. The zero-order valence-electron chi connectivity index (χ0n) is 16.6. The predicted molar refractivity (Wildman–Crippen MR) is 113 cm³/mol. The van der Waals surface area contributed by atoms with E-state index in [1.165, 1.54) is 0 Å². The summed E-state index contributed by atoms with van der Waals surface area (Å²) < 4.78 is 10.5. The van der Waals surface area contributed by atoms with Crippen LogP contribution >= 0.6 is 11.3 Å². The van der Waals surface area contributed by atoms with Crippen molar-refractivity contribution in [1.29, 1.82) is 0 Å². The average Bonchev–Trinajstić information content (AvgIpc) is 3.20. The highest BCUT2D eigenvalue weighted by molar-refractivity contribution is 7.14. The van der Waals surface area contributed by atoms with Crippen LogP contribution in [0.3, 0.4) is 0 Å². The Kier molecular flexibility index (Phi) is 7.68. The first kappa shape index (κ1) is 20.6. The van der Waals surface area contributed by atoms with Crippen LogP contribution in [0.25, 0.3) is 11.3 Å². The van der Waals surface area contributed by atoms with Crippen molar-refractivity contribution in [2.75, 3.05) is 39.2 Å². The maximum atomic E-state index is 11.2. The van der Waals surface area contributed by atoms with E-state index in [1.807, 2.05) is 29.2 Å². The van der Waals surface area contributed by atoms with Crippen LogP contribution in [0.5, 0.6) is 5.75 Å². The van der Waals surface area contributed by atoms with Crippen LogP contribution in [-0.4, -0.2) is 56.3 Å². The van der Waals surface area contributed by atoms with Gasteiger partial charge in [0.25, 0.3) is 0 Å². The summed E-state index contributed by atoms with van der Waals surface area (Å²) in [6, 6.07) is 8.40. The molecule has 1 aromatic heterocycles. The molecule has 1 aliphatic rings. The molecule has 0 bridgehead atoms. The molecule has 1 aromatic carbocycles. The Morgan fingerprint density at radius 2 is 2.04 bits per heavy atom. The molecule has 0 atom stereocenters. The van der Waals surface area contributed by atoms with Crippen LogP contribution in [0.15, 0.2) is 29.6 Å². The van der Waals surface area contributed by atoms with E-state index in [0.29, 0.717) is 25.1 Å². The van der Waals surface area contributed by atoms with Gasteiger partial charge in [-0.25, -0.2) is 4.98 Å². The first-order valence-corrected chi connectivity index (χ1v) is 10.6. The maximum absolute atomic E-state index is 11.2. The Hall–Kier alpha value is -2.12. The Balaban J connectivity index is 1.50. The molecule has 1 aliphatic carbocycles. The summed E-state index contributed by atoms with van der Waals surface area (Å²) >= 11 is 1.64. The summed E-state index contributed by atoms with van der Waals surface area (Å²) in [5.74, 6) is 1.41. The number of rotatable bonds is 10. The minimum Gasteiger partial charge on any atom is -0.496 e. The van der Waals surface area contributed by atoms with Crippen molar-refractivity contribution in [2.45, 2.75) is 31.7 Å². The quantitative estimate of drug-likeness (QED) is 0.610. The van der Waals surface area contributed by atoms with Crippen LogP contribution in [-0.2, 0) is 9.53 Å². The lowest BCUT2D eigenvalue weighted by Crippen LogP contribution is -2.35. The standard InChI is InChI=1S/C21H29N3O3S/c1-26-12-11-24(15-25)13-16-7-9-17(10-8-16)22-21-23-19(14-28-21)18-5-3-4-6-20(18)27-2/h3-6,14-17H,7-13H2,1-2H3,(H,22,23). The van der Waals surface area contributed by atoms with Gasteiger partial charge in [0, 0.05) is 37.2 Å². The Labute approximate surface area is 170 Å². The van der Waals surface area contributed by atoms with E-state index in [1.54, 1.807) is 25.6 Å². The number of benzene rings is 1. The van der Waals surface area contributed by atoms with Crippen LogP contribution < -0.4 is 10.1 Å². The van der Waals surface area contributed by atoms with Crippen molar-refractivity contribution < 1.29 is 14.3 Å². The minimum atomic E-state index is 0.441. The largest absolute Gasteiger partial charge is 0.496 e. The highest BCUT2D eigenvalue weighted by Gasteiger charge is 2.23. The summed E-state index contributed by atoms with van der Waals surface area (Å²) in [6.07, 6.45) is 5.40. The van der Waals surface area contributed by atoms with Gasteiger partial charge in [-0.3, -0.25) is 4.79 Å². The molecule has 0 saturated heterocycles. The molecule has 1 saturated carbocycles. The number of carbonyl (C=O) groups excluding carboxylic acids is 1. The fourth-order valence-corrected chi connectivity index (χ4v) is 4.50. The minimum absolute atomic E-state index is 0.441. The fourth-order valence-electron chi connectivity index (χ4n) is 3.71. The first-order chi connectivity index (χ1) is 13.7. The lowest BCUT2D eigenvalue weighted by atomic mass is 9.86. The SMILES string of the molecule is COCCN(C=O)CC1CCC(Nc2nc(-c3ccccc3OC)cs2)CC1. The summed E-state index contributed by atoms with van der Waals surface area (Å²) in [5, 5.41) is 6.62. The van der Waals surface area contributed by atoms with Gasteiger partial charge in [-0.15, -0.1) is 11.3 Å². The molecule has 0 spiro atoms. The van der Waals surface area contributed by atoms with Gasteiger partial charge >= 0.3 is 0 Å². The first-order valence-electron chi connectivity index (χ1n) is 9.77. The molecule has 7 heteroatoms. The molecule has 6 nitrogen and oxygen atoms in total. The predicted octanol–water partition coefficient (Wildman–Crippen LogP) is 3.89. The number of aromatic nitrogens is 1. The van der Waals surface area contributed by atoms with Crippen LogP contribution in [0.4, 0.5) is 5.13 Å². The van der Waals surface area contributed by atoms with E-state index in [4.69, 9.17) is 14.5 Å². The molecule has 3 rings (SSSR count). The van der Waals surface area contributed by atoms with Gasteiger partial charge in [0.2, 0.25) is 6.41 Å². The Bertz CT molecular complexity index is 744. The number of hydrogen-bond acceptors (Lipinski definition) is 6. The van der Waals surface area contributed by atoms with Crippen molar-refractivity contribution in [2.24, 2.45) is 5.92 Å². The van der Waals surface area contributed by atoms with Gasteiger partial charge in [-0.2, -0.15) is 0 Å². The molecule has 0 aliphatic heterocycles. The lowest BCUT2D eigenvalue weighted by Gasteiger charge is -2.31. The molecule has 1 heterocycles. The average molecular weight is 404 g/mol. The number of amides is 1. The Morgan fingerprint density at radius 1 is 1.25 bits per heavy atom. The molecule has 1 N–H and O–H groups in total. The molecular weight excluding hydrogens is 374 g/mol. The van der Waals surface area contributed by atoms with Gasteiger partial charge in [0.1, 0.15) is 5.75 Å². The van der Waals surface area contributed by atoms with Crippen molar-refractivity contribution >= 4 is 22.9 Å². The Morgan fingerprint density at radius 3 is 2.75 bits per heavy atom. The summed E-state index contributed by atoms with van der Waals surface area (Å²) in [7, 11) is 3.35. The van der Waals surface area contributed by atoms with E-state index < -0.39 is 0 Å². The van der Waals surface area contributed by atoms with Crippen LogP contribution in [0, 0.1) is 5.92 Å². The van der Waals surface area contributed by atoms with Gasteiger partial charge < -0.3 is 19.7 Å². The van der Waals surface area contributed by atoms with Crippen molar-refractivity contribution in [3.63, 3.8) is 0 Å². The maximum Gasteiger partial charge on any atom is 0.209 e. The van der Waals surface area contributed by atoms with E-state index in [9.17, 15) is 4.79 Å². The lowest BCUT2D eigenvalue weighted by molar-refractivity contribution is -0.119. The molecule has 2 aromatic rings. The van der Waals surface area contributed by atoms with E-state index in [0.717, 1.165) is 60.8 Å². The monoisotopic (exact) mass is 403 g/mol. The summed E-state index contributed by atoms with van der Waals surface area (Å²) in [5.41, 5.74) is 1.96. The summed E-state index contributed by atoms with van der Waals surface area (Å²) in [6.45, 7) is 2.09. The van der Waals surface area contributed by atoms with E-state index in [-0.39, 0.29) is 0 Å². The topological polar surface area (TPSA) is 63.7 Å². The molecule has 0 radical (unpaired) electrons. The second kappa shape index (κ2) is 10.4. The third-order valence-electron chi connectivity index (χ3n) is 5.29. The number of nitrogens with zero attached hydrogens (tertiary/aromatic N) is 2. The number of hydrogen-bond donors (Lipinski definition) is 1. The van der Waals surface area contributed by atoms with Gasteiger partial charge in [0.15, 0.2) is 5.13 Å². The molecule has 0 unspecified atom stereocenters. The fraction of sp³-hybridized carbons (Fsp3) is 0.524. The third-order valence-corrected chi connectivity index (χ3v) is 6.06. The molecule has 28 heavy (non-hydrogen) atoms. The van der Waals surface area contributed by atoms with Crippen molar-refractivity contribution in [3.05, 3.63) is 29.6 Å². The number of methoxy groups -OCH3 is 2. The van der Waals surface area contributed by atoms with Crippen molar-refractivity contribution in [1.82, 2.24) is 9.88 Å². The zero-order chi connectivity index (χ0) is 19.8. The van der Waals surface area contributed by atoms with Gasteiger partial charge in [-0.1, -0.05) is 12.1 Å².